The van der Waals surface area contributed by atoms with Crippen LogP contribution in [-0.2, 0) is 0 Å². The second kappa shape index (κ2) is 8.23. The Balaban J connectivity index is 1.81. The van der Waals surface area contributed by atoms with E-state index in [0.29, 0.717) is 10.6 Å². The molecule has 0 bridgehead atoms. The van der Waals surface area contributed by atoms with Gasteiger partial charge in [-0.1, -0.05) is 31.5 Å². The van der Waals surface area contributed by atoms with E-state index in [-0.39, 0.29) is 11.8 Å². The number of hydrogen-bond acceptors (Lipinski definition) is 3. The van der Waals surface area contributed by atoms with Crippen LogP contribution in [0.5, 0.6) is 0 Å². The molecule has 2 heterocycles. The van der Waals surface area contributed by atoms with Gasteiger partial charge < -0.3 is 9.80 Å². The van der Waals surface area contributed by atoms with Crippen LogP contribution in [0.15, 0.2) is 30.5 Å². The van der Waals surface area contributed by atoms with Gasteiger partial charge in [-0.3, -0.25) is 4.79 Å². The lowest BCUT2D eigenvalue weighted by molar-refractivity contribution is 0.0781. The molecule has 5 nitrogen and oxygen atoms in total. The quantitative estimate of drug-likeness (QED) is 0.771. The average molecular weight is 375 g/mol. The van der Waals surface area contributed by atoms with Gasteiger partial charge in [-0.2, -0.15) is 5.10 Å². The number of rotatable bonds is 6. The van der Waals surface area contributed by atoms with Crippen molar-refractivity contribution < 1.29 is 4.79 Å². The van der Waals surface area contributed by atoms with Gasteiger partial charge in [-0.25, -0.2) is 4.68 Å². The van der Waals surface area contributed by atoms with Crippen molar-refractivity contribution in [2.24, 2.45) is 0 Å². The summed E-state index contributed by atoms with van der Waals surface area (Å²) >= 11 is 6.13. The Morgan fingerprint density at radius 1 is 1.31 bits per heavy atom. The van der Waals surface area contributed by atoms with Crippen LogP contribution in [0.1, 0.15) is 48.7 Å². The molecule has 0 unspecified atom stereocenters. The summed E-state index contributed by atoms with van der Waals surface area (Å²) < 4.78 is 1.83. The lowest BCUT2D eigenvalue weighted by Crippen LogP contribution is -2.35. The average Bonchev–Trinajstić information content (AvgIpc) is 3.28. The van der Waals surface area contributed by atoms with E-state index in [1.165, 1.54) is 12.8 Å². The van der Waals surface area contributed by atoms with E-state index in [2.05, 4.69) is 23.8 Å². The lowest BCUT2D eigenvalue weighted by atomic mass is 10.0. The smallest absolute Gasteiger partial charge is 0.257 e. The van der Waals surface area contributed by atoms with Gasteiger partial charge >= 0.3 is 0 Å². The SMILES string of the molecule is CC(C)c1c(C(=O)N(C)CCN2CCCC2)cnn1-c1cccc(Cl)c1. The molecule has 0 radical (unpaired) electrons. The van der Waals surface area contributed by atoms with Crippen LogP contribution in [0.25, 0.3) is 5.69 Å². The van der Waals surface area contributed by atoms with Crippen LogP contribution in [-0.4, -0.2) is 58.7 Å². The minimum absolute atomic E-state index is 0.0289. The number of carbonyl (C=O) groups excluding carboxylic acids is 1. The van der Waals surface area contributed by atoms with Gasteiger partial charge in [-0.05, 0) is 50.0 Å². The number of halogens is 1. The summed E-state index contributed by atoms with van der Waals surface area (Å²) in [5.41, 5.74) is 2.47. The zero-order valence-corrected chi connectivity index (χ0v) is 16.5. The van der Waals surface area contributed by atoms with Crippen LogP contribution in [0.2, 0.25) is 5.02 Å². The third-order valence-corrected chi connectivity index (χ3v) is 5.17. The molecular weight excluding hydrogens is 348 g/mol. The van der Waals surface area contributed by atoms with Crippen molar-refractivity contribution in [1.82, 2.24) is 19.6 Å². The van der Waals surface area contributed by atoms with Crippen LogP contribution in [0.3, 0.4) is 0 Å². The summed E-state index contributed by atoms with van der Waals surface area (Å²) in [6.45, 7) is 8.12. The molecule has 1 fully saturated rings. The Morgan fingerprint density at radius 2 is 2.04 bits per heavy atom. The highest BCUT2D eigenvalue weighted by Gasteiger charge is 2.24. The fourth-order valence-electron chi connectivity index (χ4n) is 3.50. The predicted octanol–water partition coefficient (Wildman–Crippen LogP) is 3.82. The van der Waals surface area contributed by atoms with Crippen LogP contribution < -0.4 is 0 Å². The van der Waals surface area contributed by atoms with Crippen molar-refractivity contribution in [2.45, 2.75) is 32.6 Å². The summed E-state index contributed by atoms with van der Waals surface area (Å²) in [5, 5.41) is 5.15. The molecule has 1 amide bonds. The van der Waals surface area contributed by atoms with Gasteiger partial charge in [0.2, 0.25) is 0 Å². The predicted molar refractivity (Wildman–Crippen MR) is 105 cm³/mol. The molecule has 1 aliphatic rings. The first-order chi connectivity index (χ1) is 12.5. The molecule has 1 aromatic carbocycles. The lowest BCUT2D eigenvalue weighted by Gasteiger charge is -2.22. The number of amides is 1. The van der Waals surface area contributed by atoms with Crippen molar-refractivity contribution in [2.75, 3.05) is 33.2 Å². The van der Waals surface area contributed by atoms with E-state index in [0.717, 1.165) is 37.6 Å². The van der Waals surface area contributed by atoms with Crippen LogP contribution in [0.4, 0.5) is 0 Å². The van der Waals surface area contributed by atoms with Gasteiger partial charge in [0.1, 0.15) is 0 Å². The molecule has 0 aliphatic carbocycles. The van der Waals surface area contributed by atoms with Crippen LogP contribution in [0, 0.1) is 0 Å². The van der Waals surface area contributed by atoms with E-state index in [1.807, 2.05) is 40.9 Å². The van der Waals surface area contributed by atoms with Gasteiger partial charge in [0.25, 0.3) is 5.91 Å². The molecule has 26 heavy (non-hydrogen) atoms. The summed E-state index contributed by atoms with van der Waals surface area (Å²) in [6.07, 6.45) is 4.22. The highest BCUT2D eigenvalue weighted by atomic mass is 35.5. The molecule has 0 spiro atoms. The van der Waals surface area contributed by atoms with Crippen molar-refractivity contribution in [3.05, 3.63) is 46.7 Å². The first-order valence-electron chi connectivity index (χ1n) is 9.29. The maximum Gasteiger partial charge on any atom is 0.257 e. The minimum Gasteiger partial charge on any atom is -0.340 e. The summed E-state index contributed by atoms with van der Waals surface area (Å²) in [6, 6.07) is 7.55. The molecule has 140 valence electrons. The zero-order chi connectivity index (χ0) is 18.7. The van der Waals surface area contributed by atoms with Crippen molar-refractivity contribution in [3.8, 4) is 5.69 Å². The third-order valence-electron chi connectivity index (χ3n) is 4.93. The Bertz CT molecular complexity index is 765. The van der Waals surface area contributed by atoms with E-state index in [9.17, 15) is 4.79 Å². The topological polar surface area (TPSA) is 41.4 Å². The first-order valence-corrected chi connectivity index (χ1v) is 9.67. The third kappa shape index (κ3) is 4.10. The maximum atomic E-state index is 13.0. The number of likely N-dealkylation sites (N-methyl/N-ethyl adjacent to an activating group) is 1. The highest BCUT2D eigenvalue weighted by molar-refractivity contribution is 6.30. The highest BCUT2D eigenvalue weighted by Crippen LogP contribution is 2.25. The standard InChI is InChI=1S/C20H27ClN4O/c1-15(2)19-18(14-22-25(19)17-8-6-7-16(21)13-17)20(26)23(3)11-12-24-9-4-5-10-24/h6-8,13-15H,4-5,9-12H2,1-3H3. The number of hydrogen-bond donors (Lipinski definition) is 0. The van der Waals surface area contributed by atoms with Crippen molar-refractivity contribution in [3.63, 3.8) is 0 Å². The number of carbonyl (C=O) groups is 1. The normalized spacial score (nSPS) is 15.0. The molecule has 2 aromatic rings. The molecule has 6 heteroatoms. The second-order valence-electron chi connectivity index (χ2n) is 7.27. The molecule has 0 N–H and O–H groups in total. The van der Waals surface area contributed by atoms with Crippen molar-refractivity contribution in [1.29, 1.82) is 0 Å². The largest absolute Gasteiger partial charge is 0.340 e. The zero-order valence-electron chi connectivity index (χ0n) is 15.8. The number of nitrogens with zero attached hydrogens (tertiary/aromatic N) is 4. The molecular formula is C20H27ClN4O. The number of benzene rings is 1. The number of aromatic nitrogens is 2. The molecule has 0 atom stereocenters. The van der Waals surface area contributed by atoms with Gasteiger partial charge in [-0.15, -0.1) is 0 Å². The molecule has 3 rings (SSSR count). The fraction of sp³-hybridized carbons (Fsp3) is 0.500. The monoisotopic (exact) mass is 374 g/mol. The molecule has 1 saturated heterocycles. The number of likely N-dealkylation sites (tertiary alicyclic amines) is 1. The van der Waals surface area contributed by atoms with Crippen molar-refractivity contribution >= 4 is 17.5 Å². The maximum absolute atomic E-state index is 13.0. The van der Waals surface area contributed by atoms with E-state index in [1.54, 1.807) is 6.20 Å². The van der Waals surface area contributed by atoms with Gasteiger partial charge in [0.15, 0.2) is 0 Å². The second-order valence-corrected chi connectivity index (χ2v) is 7.70. The molecule has 1 aromatic heterocycles. The summed E-state index contributed by atoms with van der Waals surface area (Å²) in [4.78, 5) is 17.2. The van der Waals surface area contributed by atoms with Gasteiger partial charge in [0, 0.05) is 25.2 Å². The Morgan fingerprint density at radius 3 is 2.69 bits per heavy atom. The van der Waals surface area contributed by atoms with E-state index in [4.69, 9.17) is 11.6 Å². The Kier molecular flexibility index (Phi) is 5.99. The minimum atomic E-state index is 0.0289. The Hall–Kier alpha value is -1.85. The fourth-order valence-corrected chi connectivity index (χ4v) is 3.68. The summed E-state index contributed by atoms with van der Waals surface area (Å²) in [7, 11) is 1.87. The van der Waals surface area contributed by atoms with Gasteiger partial charge in [0.05, 0.1) is 23.1 Å². The Labute approximate surface area is 160 Å². The van der Waals surface area contributed by atoms with E-state index < -0.39 is 0 Å². The molecule has 0 saturated carbocycles. The molecule has 1 aliphatic heterocycles. The van der Waals surface area contributed by atoms with Crippen LogP contribution >= 0.6 is 11.6 Å². The summed E-state index contributed by atoms with van der Waals surface area (Å²) in [5.74, 6) is 0.198. The van der Waals surface area contributed by atoms with E-state index >= 15 is 0 Å². The first kappa shape index (κ1) is 18.9.